The highest BCUT2D eigenvalue weighted by Gasteiger charge is 2.25. The molecule has 0 radical (unpaired) electrons. The number of carboxylic acids is 1. The van der Waals surface area contributed by atoms with Gasteiger partial charge in [0.1, 0.15) is 13.2 Å². The number of rotatable bonds is 74. The van der Waals surface area contributed by atoms with Crippen molar-refractivity contribution in [2.24, 2.45) is 0 Å². The van der Waals surface area contributed by atoms with E-state index in [1.165, 1.54) is 238 Å². The van der Waals surface area contributed by atoms with Gasteiger partial charge in [-0.1, -0.05) is 361 Å². The van der Waals surface area contributed by atoms with Gasteiger partial charge in [0, 0.05) is 12.8 Å². The highest BCUT2D eigenvalue weighted by molar-refractivity contribution is 5.71. The molecule has 0 saturated carbocycles. The molecule has 0 amide bonds. The second-order valence-electron chi connectivity index (χ2n) is 28.0. The molecule has 95 heavy (non-hydrogen) atoms. The van der Waals surface area contributed by atoms with Gasteiger partial charge in [-0.3, -0.25) is 9.59 Å². The number of esters is 2. The lowest BCUT2D eigenvalue weighted by Gasteiger charge is -2.25. The van der Waals surface area contributed by atoms with E-state index in [1.807, 2.05) is 21.1 Å². The second kappa shape index (κ2) is 75.7. The Hall–Kier alpha value is -4.05. The molecule has 1 N–H and O–H groups in total. The van der Waals surface area contributed by atoms with E-state index in [-0.39, 0.29) is 32.2 Å². The number of ether oxygens (including phenoxy) is 4. The molecule has 2 unspecified atom stereocenters. The Labute approximate surface area is 587 Å². The summed E-state index contributed by atoms with van der Waals surface area (Å²) in [7, 11) is 5.99. The molecule has 548 valence electrons. The zero-order valence-electron chi connectivity index (χ0n) is 62.8. The summed E-state index contributed by atoms with van der Waals surface area (Å²) in [4.78, 5) is 37.7. The zero-order valence-corrected chi connectivity index (χ0v) is 62.8. The van der Waals surface area contributed by atoms with Crippen molar-refractivity contribution in [3.05, 3.63) is 109 Å². The van der Waals surface area contributed by atoms with Crippen molar-refractivity contribution in [2.75, 3.05) is 47.5 Å². The molecule has 0 rings (SSSR count). The summed E-state index contributed by atoms with van der Waals surface area (Å²) in [5, 5.41) is 9.77. The van der Waals surface area contributed by atoms with Gasteiger partial charge in [-0.15, -0.1) is 0 Å². The van der Waals surface area contributed by atoms with Gasteiger partial charge in [-0.05, 0) is 96.3 Å². The highest BCUT2D eigenvalue weighted by Crippen LogP contribution is 2.19. The van der Waals surface area contributed by atoms with Crippen molar-refractivity contribution in [3.63, 3.8) is 0 Å². The number of carbonyl (C=O) groups is 3. The van der Waals surface area contributed by atoms with Crippen LogP contribution in [0.15, 0.2) is 109 Å². The lowest BCUT2D eigenvalue weighted by atomic mass is 10.0. The zero-order chi connectivity index (χ0) is 69.0. The Bertz CT molecular complexity index is 1930. The van der Waals surface area contributed by atoms with Gasteiger partial charge in [0.2, 0.25) is 0 Å². The monoisotopic (exact) mass is 1330 g/mol. The third-order valence-electron chi connectivity index (χ3n) is 17.5. The minimum atomic E-state index is -1.51. The number of allylic oxidation sites excluding steroid dienone is 18. The maximum Gasteiger partial charge on any atom is 0.361 e. The number of nitrogens with zero attached hydrogens (tertiary/aromatic N) is 1. The third kappa shape index (κ3) is 77.2. The molecule has 0 heterocycles. The number of hydrogen-bond donors (Lipinski definition) is 1. The molecule has 9 heteroatoms. The van der Waals surface area contributed by atoms with Gasteiger partial charge in [0.15, 0.2) is 6.10 Å². The number of hydrogen-bond acceptors (Lipinski definition) is 7. The molecule has 2 atom stereocenters. The maximum atomic E-state index is 13.0. The SMILES string of the molecule is CC/C=C\C/C=C\C/C=C\C/C=C\C/C=C\CCCCCCCCCCCCCCCC(=O)OC(COC(=O)CCCCCCCCCCCCCCCCCCCCCCCCCCCCCC/C=C\C/C=C\C/C=C\C/C=C\CC)COC(OCC[N+](C)(C)C)C(=O)O. The fourth-order valence-corrected chi connectivity index (χ4v) is 11.5. The first-order valence-corrected chi connectivity index (χ1v) is 40.1. The summed E-state index contributed by atoms with van der Waals surface area (Å²) in [5.74, 6) is -1.99. The molecule has 0 saturated heterocycles. The molecule has 0 aliphatic carbocycles. The molecule has 0 aromatic carbocycles. The van der Waals surface area contributed by atoms with Crippen LogP contribution in [0.2, 0.25) is 0 Å². The minimum Gasteiger partial charge on any atom is -0.477 e. The lowest BCUT2D eigenvalue weighted by molar-refractivity contribution is -0.870. The first-order chi connectivity index (χ1) is 46.6. The van der Waals surface area contributed by atoms with Crippen LogP contribution in [0.4, 0.5) is 0 Å². The minimum absolute atomic E-state index is 0.182. The van der Waals surface area contributed by atoms with Gasteiger partial charge in [0.25, 0.3) is 6.29 Å². The Morgan fingerprint density at radius 2 is 0.568 bits per heavy atom. The first kappa shape index (κ1) is 91.0. The van der Waals surface area contributed by atoms with E-state index in [1.54, 1.807) is 0 Å². The quantitative estimate of drug-likeness (QED) is 0.0211. The molecule has 0 fully saturated rings. The fraction of sp³-hybridized carbons (Fsp3) is 0.756. The van der Waals surface area contributed by atoms with Crippen LogP contribution in [0.5, 0.6) is 0 Å². The van der Waals surface area contributed by atoms with Gasteiger partial charge in [-0.25, -0.2) is 4.79 Å². The van der Waals surface area contributed by atoms with E-state index in [0.29, 0.717) is 17.4 Å². The third-order valence-corrected chi connectivity index (χ3v) is 17.5. The summed E-state index contributed by atoms with van der Waals surface area (Å²) >= 11 is 0. The Balaban J connectivity index is 3.96. The highest BCUT2D eigenvalue weighted by atomic mass is 16.7. The summed E-state index contributed by atoms with van der Waals surface area (Å²) in [5.41, 5.74) is 0. The van der Waals surface area contributed by atoms with Crippen molar-refractivity contribution in [2.45, 2.75) is 373 Å². The van der Waals surface area contributed by atoms with Gasteiger partial charge in [0.05, 0.1) is 34.4 Å². The Morgan fingerprint density at radius 1 is 0.316 bits per heavy atom. The Kier molecular flexibility index (Phi) is 72.5. The molecular formula is C86H152NO8+. The molecule has 0 aromatic heterocycles. The molecule has 0 aliphatic rings. The standard InChI is InChI=1S/C86H151NO8/c1-6-8-10-12-14-16-18-20-22-24-26-28-30-32-34-36-37-38-39-40-41-42-43-44-45-46-47-49-50-52-54-56-58-60-62-64-66-68-70-72-74-76-83(88)93-80-82(81-94-86(85(90)91)92-79-78-87(3,4)5)95-84(89)77-75-73-71-69-67-65-63-61-59-57-55-53-51-48-35-33-31-29-27-25-23-21-19-17-15-13-11-9-7-2/h8-11,14-17,20-23,26-29,33,35,82,86H,6-7,12-13,18-19,24-25,30-32,34,36-81H2,1-5H3/p+1/b10-8-,11-9-,16-14-,17-15-,22-20-,23-21-,28-26-,29-27-,35-33-. The molecular weight excluding hydrogens is 1170 g/mol. The van der Waals surface area contributed by atoms with E-state index in [9.17, 15) is 19.5 Å². The number of carbonyl (C=O) groups excluding carboxylic acids is 2. The summed E-state index contributed by atoms with van der Waals surface area (Å²) in [6, 6.07) is 0. The van der Waals surface area contributed by atoms with E-state index in [0.717, 1.165) is 96.3 Å². The molecule has 0 aromatic rings. The van der Waals surface area contributed by atoms with Crippen LogP contribution >= 0.6 is 0 Å². The topological polar surface area (TPSA) is 108 Å². The number of quaternary nitrogens is 1. The first-order valence-electron chi connectivity index (χ1n) is 40.1. The Morgan fingerprint density at radius 3 is 0.842 bits per heavy atom. The number of unbranched alkanes of at least 4 members (excludes halogenated alkanes) is 41. The van der Waals surface area contributed by atoms with E-state index < -0.39 is 24.3 Å². The smallest absolute Gasteiger partial charge is 0.361 e. The average molecular weight is 1330 g/mol. The van der Waals surface area contributed by atoms with Crippen LogP contribution in [-0.2, 0) is 33.3 Å². The normalized spacial score (nSPS) is 13.2. The average Bonchev–Trinajstić information content (AvgIpc) is 2.86. The largest absolute Gasteiger partial charge is 0.477 e. The van der Waals surface area contributed by atoms with Gasteiger partial charge in [-0.2, -0.15) is 0 Å². The van der Waals surface area contributed by atoms with E-state index in [4.69, 9.17) is 18.9 Å². The van der Waals surface area contributed by atoms with Gasteiger partial charge < -0.3 is 28.5 Å². The predicted molar refractivity (Wildman–Crippen MR) is 410 cm³/mol. The van der Waals surface area contributed by atoms with E-state index >= 15 is 0 Å². The summed E-state index contributed by atoms with van der Waals surface area (Å²) in [6.45, 7) is 4.69. The van der Waals surface area contributed by atoms with Crippen LogP contribution in [-0.4, -0.2) is 87.4 Å². The lowest BCUT2D eigenvalue weighted by Crippen LogP contribution is -2.40. The second-order valence-corrected chi connectivity index (χ2v) is 28.0. The number of aliphatic carboxylic acids is 1. The molecule has 0 spiro atoms. The van der Waals surface area contributed by atoms with Crippen molar-refractivity contribution < 1.29 is 42.9 Å². The molecule has 9 nitrogen and oxygen atoms in total. The van der Waals surface area contributed by atoms with E-state index in [2.05, 4.69) is 123 Å². The van der Waals surface area contributed by atoms with Crippen LogP contribution in [0, 0.1) is 0 Å². The van der Waals surface area contributed by atoms with Crippen LogP contribution < -0.4 is 0 Å². The van der Waals surface area contributed by atoms with Crippen LogP contribution in [0.3, 0.4) is 0 Å². The van der Waals surface area contributed by atoms with Gasteiger partial charge >= 0.3 is 17.9 Å². The predicted octanol–water partition coefficient (Wildman–Crippen LogP) is 25.7. The van der Waals surface area contributed by atoms with Crippen molar-refractivity contribution in [1.82, 2.24) is 0 Å². The molecule has 0 aliphatic heterocycles. The van der Waals surface area contributed by atoms with Crippen molar-refractivity contribution >= 4 is 17.9 Å². The fourth-order valence-electron chi connectivity index (χ4n) is 11.5. The van der Waals surface area contributed by atoms with Crippen LogP contribution in [0.1, 0.15) is 361 Å². The maximum absolute atomic E-state index is 13.0. The number of carboxylic acid groups (broad SMARTS) is 1. The summed E-state index contributed by atoms with van der Waals surface area (Å²) in [6.07, 6.45) is 104. The van der Waals surface area contributed by atoms with Crippen molar-refractivity contribution in [3.8, 4) is 0 Å². The summed E-state index contributed by atoms with van der Waals surface area (Å²) < 4.78 is 23.0. The number of likely N-dealkylation sites (N-methyl/N-ethyl adjacent to an activating group) is 1. The molecule has 0 bridgehead atoms. The van der Waals surface area contributed by atoms with Crippen molar-refractivity contribution in [1.29, 1.82) is 0 Å². The van der Waals surface area contributed by atoms with Crippen LogP contribution in [0.25, 0.3) is 0 Å².